The first-order valence-corrected chi connectivity index (χ1v) is 5.58. The molecule has 2 aromatic heterocycles. The zero-order valence-corrected chi connectivity index (χ0v) is 10.4. The van der Waals surface area contributed by atoms with Gasteiger partial charge in [-0.15, -0.1) is 0 Å². The summed E-state index contributed by atoms with van der Waals surface area (Å²) in [5.41, 5.74) is 6.96. The van der Waals surface area contributed by atoms with E-state index in [4.69, 9.17) is 10.5 Å². The van der Waals surface area contributed by atoms with E-state index in [-0.39, 0.29) is 11.7 Å². The van der Waals surface area contributed by atoms with E-state index in [0.29, 0.717) is 10.9 Å². The van der Waals surface area contributed by atoms with Gasteiger partial charge >= 0.3 is 6.01 Å². The summed E-state index contributed by atoms with van der Waals surface area (Å²) in [7, 11) is 3.24. The number of aromatic nitrogens is 4. The van der Waals surface area contributed by atoms with Gasteiger partial charge < -0.3 is 10.5 Å². The molecule has 0 spiro atoms. The second kappa shape index (κ2) is 3.91. The molecule has 7 nitrogen and oxygen atoms in total. The molecule has 96 valence electrons. The Kier molecular flexibility index (Phi) is 2.34. The number of benzene rings is 1. The number of fused-ring (bicyclic) bond motifs is 3. The van der Waals surface area contributed by atoms with Gasteiger partial charge in [0.2, 0.25) is 0 Å². The molecule has 2 N–H and O–H groups in total. The summed E-state index contributed by atoms with van der Waals surface area (Å²) in [6, 6.07) is 3.88. The van der Waals surface area contributed by atoms with Gasteiger partial charge in [0.25, 0.3) is 5.91 Å². The smallest absolute Gasteiger partial charge is 0.316 e. The Bertz CT molecular complexity index is 809. The molecule has 0 saturated heterocycles. The highest BCUT2D eigenvalue weighted by atomic mass is 16.5. The molecule has 0 aliphatic carbocycles. The van der Waals surface area contributed by atoms with Crippen molar-refractivity contribution in [1.82, 2.24) is 19.7 Å². The Morgan fingerprint density at radius 1 is 1.42 bits per heavy atom. The zero-order valence-electron chi connectivity index (χ0n) is 10.4. The Morgan fingerprint density at radius 3 is 2.89 bits per heavy atom. The summed E-state index contributed by atoms with van der Waals surface area (Å²) >= 11 is 0. The molecular weight excluding hydrogens is 246 g/mol. The third-order valence-corrected chi connectivity index (χ3v) is 2.95. The molecule has 0 aliphatic heterocycles. The lowest BCUT2D eigenvalue weighted by molar-refractivity contribution is 0.0996. The number of primary amides is 1. The number of nitrogens with two attached hydrogens (primary N) is 1. The summed E-state index contributed by atoms with van der Waals surface area (Å²) in [5, 5.41) is 5.65. The minimum Gasteiger partial charge on any atom is -0.467 e. The molecule has 3 rings (SSSR count). The van der Waals surface area contributed by atoms with Gasteiger partial charge in [0, 0.05) is 24.0 Å². The maximum Gasteiger partial charge on any atom is 0.316 e. The Morgan fingerprint density at radius 2 is 2.21 bits per heavy atom. The highest BCUT2D eigenvalue weighted by Gasteiger charge is 2.16. The number of rotatable bonds is 2. The van der Waals surface area contributed by atoms with Crippen LogP contribution in [0.5, 0.6) is 6.01 Å². The third kappa shape index (κ3) is 1.59. The van der Waals surface area contributed by atoms with Crippen LogP contribution >= 0.6 is 0 Å². The topological polar surface area (TPSA) is 95.9 Å². The van der Waals surface area contributed by atoms with E-state index in [9.17, 15) is 4.79 Å². The van der Waals surface area contributed by atoms with Gasteiger partial charge in [0.05, 0.1) is 12.6 Å². The fraction of sp³-hybridized carbons (Fsp3) is 0.167. The molecule has 19 heavy (non-hydrogen) atoms. The first-order valence-electron chi connectivity index (χ1n) is 5.58. The predicted molar refractivity (Wildman–Crippen MR) is 68.9 cm³/mol. The van der Waals surface area contributed by atoms with Crippen molar-refractivity contribution < 1.29 is 9.53 Å². The molecule has 1 amide bonds. The number of methoxy groups -OCH3 is 1. The highest BCUT2D eigenvalue weighted by Crippen LogP contribution is 2.26. The van der Waals surface area contributed by atoms with E-state index in [1.165, 1.54) is 7.11 Å². The molecule has 3 aromatic rings. The van der Waals surface area contributed by atoms with E-state index in [1.54, 1.807) is 24.0 Å². The maximum absolute atomic E-state index is 11.4. The number of carbonyl (C=O) groups is 1. The van der Waals surface area contributed by atoms with Crippen LogP contribution in [0.1, 0.15) is 10.5 Å². The average molecular weight is 257 g/mol. The van der Waals surface area contributed by atoms with Crippen molar-refractivity contribution in [3.63, 3.8) is 0 Å². The number of carbonyl (C=O) groups excluding carboxylic acids is 1. The van der Waals surface area contributed by atoms with Gasteiger partial charge in [-0.05, 0) is 6.07 Å². The molecular formula is C12H11N5O2. The normalized spacial score (nSPS) is 11.1. The molecule has 2 heterocycles. The second-order valence-electron chi connectivity index (χ2n) is 4.09. The summed E-state index contributed by atoms with van der Waals surface area (Å²) < 4.78 is 6.61. The molecule has 0 saturated carbocycles. The largest absolute Gasteiger partial charge is 0.467 e. The Balaban J connectivity index is 2.48. The second-order valence-corrected chi connectivity index (χ2v) is 4.09. The molecule has 0 aliphatic rings. The number of aryl methyl sites for hydroxylation is 1. The van der Waals surface area contributed by atoms with Crippen molar-refractivity contribution >= 4 is 27.7 Å². The summed E-state index contributed by atoms with van der Waals surface area (Å²) in [6.07, 6.45) is 1.66. The standard InChI is InChI=1S/C12H11N5O2/c1-17-10-7(9(16-17)11(13)18)4-3-6-5-14-12(19-2)15-8(6)10/h3-5H,1-2H3,(H2,13,18). The number of hydrogen-bond acceptors (Lipinski definition) is 5. The van der Waals surface area contributed by atoms with E-state index in [2.05, 4.69) is 15.1 Å². The lowest BCUT2D eigenvalue weighted by Gasteiger charge is -2.02. The number of hydrogen-bond donors (Lipinski definition) is 1. The quantitative estimate of drug-likeness (QED) is 0.726. The van der Waals surface area contributed by atoms with Gasteiger partial charge in [-0.25, -0.2) is 4.98 Å². The molecule has 0 bridgehead atoms. The van der Waals surface area contributed by atoms with Gasteiger partial charge in [0.15, 0.2) is 5.69 Å². The van der Waals surface area contributed by atoms with Crippen LogP contribution in [-0.2, 0) is 7.05 Å². The van der Waals surface area contributed by atoms with Crippen LogP contribution < -0.4 is 10.5 Å². The van der Waals surface area contributed by atoms with Crippen molar-refractivity contribution in [3.05, 3.63) is 24.0 Å². The van der Waals surface area contributed by atoms with Crippen LogP contribution in [0, 0.1) is 0 Å². The van der Waals surface area contributed by atoms with Crippen LogP contribution in [0.3, 0.4) is 0 Å². The van der Waals surface area contributed by atoms with Crippen molar-refractivity contribution in [1.29, 1.82) is 0 Å². The average Bonchev–Trinajstić information content (AvgIpc) is 2.76. The summed E-state index contributed by atoms with van der Waals surface area (Å²) in [5.74, 6) is -0.564. The zero-order chi connectivity index (χ0) is 13.6. The Labute approximate surface area is 108 Å². The van der Waals surface area contributed by atoms with Crippen LogP contribution in [-0.4, -0.2) is 32.8 Å². The number of amides is 1. The highest BCUT2D eigenvalue weighted by molar-refractivity contribution is 6.11. The fourth-order valence-electron chi connectivity index (χ4n) is 2.12. The van der Waals surface area contributed by atoms with E-state index >= 15 is 0 Å². The van der Waals surface area contributed by atoms with Gasteiger partial charge in [-0.2, -0.15) is 10.1 Å². The van der Waals surface area contributed by atoms with Crippen molar-refractivity contribution in [3.8, 4) is 6.01 Å². The minimum absolute atomic E-state index is 0.233. The SMILES string of the molecule is COc1ncc2ccc3c(C(N)=O)nn(C)c3c2n1. The van der Waals surface area contributed by atoms with Crippen molar-refractivity contribution in [2.45, 2.75) is 0 Å². The number of ether oxygens (including phenoxy) is 1. The monoisotopic (exact) mass is 257 g/mol. The first-order chi connectivity index (χ1) is 9.11. The van der Waals surface area contributed by atoms with Crippen LogP contribution in [0.2, 0.25) is 0 Å². The van der Waals surface area contributed by atoms with Crippen LogP contribution in [0.4, 0.5) is 0 Å². The minimum atomic E-state index is -0.564. The Hall–Kier alpha value is -2.70. The molecule has 0 atom stereocenters. The first kappa shape index (κ1) is 11.4. The van der Waals surface area contributed by atoms with Crippen LogP contribution in [0.15, 0.2) is 18.3 Å². The van der Waals surface area contributed by atoms with Gasteiger partial charge in [-0.1, -0.05) is 6.07 Å². The van der Waals surface area contributed by atoms with Gasteiger partial charge in [0.1, 0.15) is 5.52 Å². The lowest BCUT2D eigenvalue weighted by Crippen LogP contribution is -2.12. The molecule has 0 fully saturated rings. The predicted octanol–water partition coefficient (Wildman–Crippen LogP) is 0.624. The van der Waals surface area contributed by atoms with Crippen molar-refractivity contribution in [2.24, 2.45) is 12.8 Å². The van der Waals surface area contributed by atoms with Gasteiger partial charge in [-0.3, -0.25) is 9.48 Å². The summed E-state index contributed by atoms with van der Waals surface area (Å²) in [4.78, 5) is 19.7. The molecule has 0 unspecified atom stereocenters. The van der Waals surface area contributed by atoms with Crippen molar-refractivity contribution in [2.75, 3.05) is 7.11 Å². The molecule has 0 radical (unpaired) electrons. The summed E-state index contributed by atoms with van der Waals surface area (Å²) in [6.45, 7) is 0. The van der Waals surface area contributed by atoms with E-state index in [0.717, 1.165) is 10.9 Å². The molecule has 1 aromatic carbocycles. The van der Waals surface area contributed by atoms with E-state index < -0.39 is 5.91 Å². The molecule has 7 heteroatoms. The number of nitrogens with zero attached hydrogens (tertiary/aromatic N) is 4. The maximum atomic E-state index is 11.4. The van der Waals surface area contributed by atoms with E-state index in [1.807, 2.05) is 6.07 Å². The fourth-order valence-corrected chi connectivity index (χ4v) is 2.12. The van der Waals surface area contributed by atoms with Crippen LogP contribution in [0.25, 0.3) is 21.8 Å². The third-order valence-electron chi connectivity index (χ3n) is 2.95. The lowest BCUT2D eigenvalue weighted by atomic mass is 10.1.